The fourth-order valence-electron chi connectivity index (χ4n) is 2.28. The molecule has 1 aromatic heterocycles. The molecule has 1 fully saturated rings. The molecule has 22 heavy (non-hydrogen) atoms. The maximum absolute atomic E-state index is 12.2. The van der Waals surface area contributed by atoms with Crippen LogP contribution in [0.1, 0.15) is 34.0 Å². The lowest BCUT2D eigenvalue weighted by molar-refractivity contribution is 0.0846. The highest BCUT2D eigenvalue weighted by molar-refractivity contribution is 7.12. The van der Waals surface area contributed by atoms with E-state index < -0.39 is 6.10 Å². The average molecular weight is 317 g/mol. The normalized spacial score (nSPS) is 15.3. The fourth-order valence-corrected chi connectivity index (χ4v) is 3.18. The quantitative estimate of drug-likeness (QED) is 0.825. The van der Waals surface area contributed by atoms with Crippen LogP contribution >= 0.6 is 11.3 Å². The van der Waals surface area contributed by atoms with E-state index in [0.29, 0.717) is 11.7 Å². The van der Waals surface area contributed by atoms with E-state index in [4.69, 9.17) is 4.74 Å². The van der Waals surface area contributed by atoms with Gasteiger partial charge in [0.2, 0.25) is 0 Å². The van der Waals surface area contributed by atoms with Gasteiger partial charge in [0.05, 0.1) is 4.88 Å². The first-order valence-corrected chi connectivity index (χ1v) is 8.33. The molecule has 1 amide bonds. The number of rotatable bonds is 7. The lowest BCUT2D eigenvalue weighted by Crippen LogP contribution is -2.35. The van der Waals surface area contributed by atoms with Gasteiger partial charge in [0, 0.05) is 6.54 Å². The number of benzene rings is 1. The molecule has 1 saturated carbocycles. The maximum atomic E-state index is 12.2. The van der Waals surface area contributed by atoms with Crippen molar-refractivity contribution in [2.45, 2.75) is 24.9 Å². The Balaban J connectivity index is 1.45. The van der Waals surface area contributed by atoms with Crippen molar-refractivity contribution in [2.24, 2.45) is 0 Å². The van der Waals surface area contributed by atoms with Gasteiger partial charge in [-0.05, 0) is 47.9 Å². The summed E-state index contributed by atoms with van der Waals surface area (Å²) in [5, 5.41) is 14.7. The van der Waals surface area contributed by atoms with Gasteiger partial charge < -0.3 is 15.2 Å². The number of para-hydroxylation sites is 1. The minimum Gasteiger partial charge on any atom is -0.491 e. The standard InChI is InChI=1S/C17H19NO3S/c19-13(11-21-14-4-2-1-3-5-14)10-18-17(20)16-15(8-9-22-16)12-6-7-12/h1-5,8-9,12-13,19H,6-7,10-11H2,(H,18,20)/t13-/m0/s1. The number of hydrogen-bond acceptors (Lipinski definition) is 4. The van der Waals surface area contributed by atoms with Crippen LogP contribution in [0.15, 0.2) is 41.8 Å². The smallest absolute Gasteiger partial charge is 0.261 e. The Kier molecular flexibility index (Phi) is 4.75. The number of aliphatic hydroxyl groups is 1. The minimum atomic E-state index is -0.728. The molecule has 1 atom stereocenters. The van der Waals surface area contributed by atoms with Crippen LogP contribution in [-0.4, -0.2) is 30.3 Å². The first-order chi connectivity index (χ1) is 10.7. The summed E-state index contributed by atoms with van der Waals surface area (Å²) in [4.78, 5) is 13.0. The van der Waals surface area contributed by atoms with Gasteiger partial charge >= 0.3 is 0 Å². The SMILES string of the molecule is O=C(NC[C@H](O)COc1ccccc1)c1sccc1C1CC1. The van der Waals surface area contributed by atoms with Crippen LogP contribution in [0.5, 0.6) is 5.75 Å². The summed E-state index contributed by atoms with van der Waals surface area (Å²) in [5.74, 6) is 1.16. The third-order valence-electron chi connectivity index (χ3n) is 3.60. The largest absolute Gasteiger partial charge is 0.491 e. The molecular weight excluding hydrogens is 298 g/mol. The van der Waals surface area contributed by atoms with Gasteiger partial charge in [0.25, 0.3) is 5.91 Å². The van der Waals surface area contributed by atoms with Crippen molar-refractivity contribution in [3.63, 3.8) is 0 Å². The molecule has 116 valence electrons. The van der Waals surface area contributed by atoms with Crippen LogP contribution in [0.4, 0.5) is 0 Å². The van der Waals surface area contributed by atoms with Crippen molar-refractivity contribution in [3.05, 3.63) is 52.2 Å². The van der Waals surface area contributed by atoms with Crippen molar-refractivity contribution < 1.29 is 14.6 Å². The minimum absolute atomic E-state index is 0.101. The van der Waals surface area contributed by atoms with E-state index in [9.17, 15) is 9.90 Å². The van der Waals surface area contributed by atoms with E-state index in [0.717, 1.165) is 10.4 Å². The van der Waals surface area contributed by atoms with Crippen LogP contribution in [0, 0.1) is 0 Å². The van der Waals surface area contributed by atoms with Crippen molar-refractivity contribution in [3.8, 4) is 5.75 Å². The van der Waals surface area contributed by atoms with Gasteiger partial charge in [0.1, 0.15) is 18.5 Å². The highest BCUT2D eigenvalue weighted by atomic mass is 32.1. The Bertz CT molecular complexity index is 622. The highest BCUT2D eigenvalue weighted by Crippen LogP contribution is 2.43. The fraction of sp³-hybridized carbons (Fsp3) is 0.353. The molecule has 4 nitrogen and oxygen atoms in total. The van der Waals surface area contributed by atoms with E-state index in [-0.39, 0.29) is 19.1 Å². The van der Waals surface area contributed by atoms with E-state index in [1.54, 1.807) is 0 Å². The summed E-state index contributed by atoms with van der Waals surface area (Å²) in [6.45, 7) is 0.345. The topological polar surface area (TPSA) is 58.6 Å². The predicted molar refractivity (Wildman–Crippen MR) is 86.6 cm³/mol. The zero-order valence-electron chi connectivity index (χ0n) is 12.2. The molecule has 1 aliphatic rings. The summed E-state index contributed by atoms with van der Waals surface area (Å²) in [5.41, 5.74) is 1.15. The number of hydrogen-bond donors (Lipinski definition) is 2. The van der Waals surface area contributed by atoms with E-state index in [1.807, 2.05) is 41.8 Å². The summed E-state index contributed by atoms with van der Waals surface area (Å²) in [6, 6.07) is 11.4. The van der Waals surface area contributed by atoms with Gasteiger partial charge in [-0.25, -0.2) is 0 Å². The van der Waals surface area contributed by atoms with Crippen LogP contribution < -0.4 is 10.1 Å². The number of carbonyl (C=O) groups excluding carboxylic acids is 1. The molecule has 0 bridgehead atoms. The molecule has 0 spiro atoms. The maximum Gasteiger partial charge on any atom is 0.261 e. The lowest BCUT2D eigenvalue weighted by atomic mass is 10.1. The number of nitrogens with one attached hydrogen (secondary N) is 1. The number of thiophene rings is 1. The molecule has 0 unspecified atom stereocenters. The molecule has 0 saturated heterocycles. The van der Waals surface area contributed by atoms with Gasteiger partial charge in [0.15, 0.2) is 0 Å². The Hall–Kier alpha value is -1.85. The van der Waals surface area contributed by atoms with Gasteiger partial charge in [-0.2, -0.15) is 0 Å². The van der Waals surface area contributed by atoms with Crippen LogP contribution in [-0.2, 0) is 0 Å². The Morgan fingerprint density at radius 3 is 2.82 bits per heavy atom. The lowest BCUT2D eigenvalue weighted by Gasteiger charge is -2.13. The van der Waals surface area contributed by atoms with Crippen LogP contribution in [0.2, 0.25) is 0 Å². The second-order valence-corrected chi connectivity index (χ2v) is 6.38. The first-order valence-electron chi connectivity index (χ1n) is 7.45. The first kappa shape index (κ1) is 15.1. The Morgan fingerprint density at radius 2 is 2.09 bits per heavy atom. The van der Waals surface area contributed by atoms with Crippen molar-refractivity contribution in [2.75, 3.05) is 13.2 Å². The number of amides is 1. The molecule has 0 radical (unpaired) electrons. The Labute approximate surface area is 133 Å². The molecular formula is C17H19NO3S. The second-order valence-electron chi connectivity index (χ2n) is 5.47. The zero-order valence-corrected chi connectivity index (χ0v) is 13.0. The zero-order chi connectivity index (χ0) is 15.4. The molecule has 1 aliphatic carbocycles. The van der Waals surface area contributed by atoms with Gasteiger partial charge in [-0.15, -0.1) is 11.3 Å². The highest BCUT2D eigenvalue weighted by Gasteiger charge is 2.28. The number of ether oxygens (including phenoxy) is 1. The average Bonchev–Trinajstić information content (AvgIpc) is 3.28. The molecule has 1 aromatic carbocycles. The summed E-state index contributed by atoms with van der Waals surface area (Å²) in [6.07, 6.45) is 1.61. The van der Waals surface area contributed by atoms with E-state index >= 15 is 0 Å². The summed E-state index contributed by atoms with van der Waals surface area (Å²) >= 11 is 1.46. The second kappa shape index (κ2) is 6.94. The van der Waals surface area contributed by atoms with Crippen molar-refractivity contribution in [1.82, 2.24) is 5.32 Å². The van der Waals surface area contributed by atoms with Crippen molar-refractivity contribution >= 4 is 17.2 Å². The molecule has 2 N–H and O–H groups in total. The molecule has 1 heterocycles. The van der Waals surface area contributed by atoms with Crippen LogP contribution in [0.3, 0.4) is 0 Å². The summed E-state index contributed by atoms with van der Waals surface area (Å²) in [7, 11) is 0. The van der Waals surface area contributed by atoms with Gasteiger partial charge in [-0.3, -0.25) is 4.79 Å². The third-order valence-corrected chi connectivity index (χ3v) is 4.53. The monoisotopic (exact) mass is 317 g/mol. The number of carbonyl (C=O) groups is 1. The molecule has 2 aromatic rings. The molecule has 3 rings (SSSR count). The van der Waals surface area contributed by atoms with E-state index in [1.165, 1.54) is 24.2 Å². The van der Waals surface area contributed by atoms with Crippen LogP contribution in [0.25, 0.3) is 0 Å². The summed E-state index contributed by atoms with van der Waals surface area (Å²) < 4.78 is 5.46. The van der Waals surface area contributed by atoms with Crippen molar-refractivity contribution in [1.29, 1.82) is 0 Å². The number of aliphatic hydroxyl groups excluding tert-OH is 1. The van der Waals surface area contributed by atoms with E-state index in [2.05, 4.69) is 5.32 Å². The van der Waals surface area contributed by atoms with Gasteiger partial charge in [-0.1, -0.05) is 18.2 Å². The molecule has 5 heteroatoms. The molecule has 0 aliphatic heterocycles. The predicted octanol–water partition coefficient (Wildman–Crippen LogP) is 2.80. The third kappa shape index (κ3) is 3.87. The Morgan fingerprint density at radius 1 is 1.32 bits per heavy atom.